The number of ketones is 1. The first-order valence-corrected chi connectivity index (χ1v) is 23.5. The Labute approximate surface area is 389 Å². The van der Waals surface area contributed by atoms with E-state index in [1.165, 1.54) is 6.07 Å². The summed E-state index contributed by atoms with van der Waals surface area (Å²) >= 11 is 0. The average Bonchev–Trinajstić information content (AvgIpc) is 3.98. The number of Topliss-reactive ketones (excluding diaryl/α,β-unsaturated/α-hetero) is 1. The number of amides is 1. The van der Waals surface area contributed by atoms with E-state index in [1.54, 1.807) is 12.3 Å². The average molecular weight is 914 g/mol. The molecule has 1 amide bonds. The molecule has 1 saturated carbocycles. The number of hydrogen-bond acceptors (Lipinski definition) is 14. The Morgan fingerprint density at radius 1 is 0.758 bits per heavy atom. The highest BCUT2D eigenvalue weighted by atomic mass is 16.6. The summed E-state index contributed by atoms with van der Waals surface area (Å²) in [6.07, 6.45) is 6.43. The summed E-state index contributed by atoms with van der Waals surface area (Å²) in [7, 11) is 0. The van der Waals surface area contributed by atoms with Gasteiger partial charge in [0.15, 0.2) is 5.78 Å². The van der Waals surface area contributed by atoms with Crippen LogP contribution in [0.25, 0.3) is 0 Å². The zero-order valence-corrected chi connectivity index (χ0v) is 38.2. The fraction of sp³-hybridized carbons (Fsp3) is 0.580. The fourth-order valence-corrected chi connectivity index (χ4v) is 8.44. The zero-order valence-electron chi connectivity index (χ0n) is 38.2. The first-order chi connectivity index (χ1) is 32.5. The summed E-state index contributed by atoms with van der Waals surface area (Å²) in [5.74, 6) is 7.16. The van der Waals surface area contributed by atoms with Crippen LogP contribution in [0, 0.1) is 29.6 Å². The van der Waals surface area contributed by atoms with Crippen LogP contribution >= 0.6 is 0 Å². The first kappa shape index (κ1) is 50.6. The molecule has 6 rings (SSSR count). The third-order valence-electron chi connectivity index (χ3n) is 12.0. The van der Waals surface area contributed by atoms with E-state index in [4.69, 9.17) is 38.1 Å². The quantitative estimate of drug-likeness (QED) is 0.0897. The van der Waals surface area contributed by atoms with Crippen molar-refractivity contribution in [3.8, 4) is 11.8 Å². The number of aromatic nitrogens is 2. The number of rotatable bonds is 19. The van der Waals surface area contributed by atoms with Crippen LogP contribution in [0.5, 0.6) is 0 Å². The minimum atomic E-state index is -1.05. The molecule has 2 aromatic heterocycles. The Balaban J connectivity index is 0.887. The molecule has 2 aliphatic carbocycles. The van der Waals surface area contributed by atoms with Gasteiger partial charge in [-0.05, 0) is 66.8 Å². The molecule has 358 valence electrons. The van der Waals surface area contributed by atoms with Gasteiger partial charge in [-0.3, -0.25) is 19.6 Å². The molecule has 16 heteroatoms. The van der Waals surface area contributed by atoms with Gasteiger partial charge >= 0.3 is 12.1 Å². The van der Waals surface area contributed by atoms with Crippen molar-refractivity contribution < 1.29 is 52.6 Å². The smallest absolute Gasteiger partial charge is 0.407 e. The number of carbonyl (C=O) groups excluding carboxylic acids is 2. The Kier molecular flexibility index (Phi) is 22.3. The number of fused-ring (bicyclic) bond motifs is 1. The van der Waals surface area contributed by atoms with E-state index in [2.05, 4.69) is 31.9 Å². The number of alkyl carbamates (subject to hydrolysis) is 1. The topological polar surface area (TPSA) is 180 Å². The van der Waals surface area contributed by atoms with E-state index in [9.17, 15) is 19.5 Å². The summed E-state index contributed by atoms with van der Waals surface area (Å²) in [6, 6.07) is 18.5. The van der Waals surface area contributed by atoms with Crippen molar-refractivity contribution in [2.75, 3.05) is 119 Å². The van der Waals surface area contributed by atoms with Crippen LogP contribution in [0.1, 0.15) is 82.4 Å². The second-order valence-electron chi connectivity index (χ2n) is 16.6. The summed E-state index contributed by atoms with van der Waals surface area (Å²) in [6.45, 7) is 8.92. The van der Waals surface area contributed by atoms with E-state index >= 15 is 0 Å². The molecule has 66 heavy (non-hydrogen) atoms. The van der Waals surface area contributed by atoms with E-state index in [0.29, 0.717) is 167 Å². The lowest BCUT2D eigenvalue weighted by atomic mass is 9.98. The summed E-state index contributed by atoms with van der Waals surface area (Å²) in [4.78, 5) is 50.2. The van der Waals surface area contributed by atoms with Crippen molar-refractivity contribution >= 4 is 17.8 Å². The molecule has 16 nitrogen and oxygen atoms in total. The van der Waals surface area contributed by atoms with Gasteiger partial charge in [-0.25, -0.2) is 14.6 Å². The Bertz CT molecular complexity index is 1930. The van der Waals surface area contributed by atoms with Crippen LogP contribution in [0.3, 0.4) is 0 Å². The van der Waals surface area contributed by atoms with Crippen LogP contribution in [-0.4, -0.2) is 161 Å². The highest BCUT2D eigenvalue weighted by molar-refractivity contribution is 5.96. The minimum Gasteiger partial charge on any atom is -0.477 e. The van der Waals surface area contributed by atoms with E-state index < -0.39 is 12.1 Å². The molecular weight excluding hydrogens is 847 g/mol. The lowest BCUT2D eigenvalue weighted by Gasteiger charge is -2.32. The number of ether oxygens (including phenoxy) is 7. The number of nitrogens with zero attached hydrogens (tertiary/aromatic N) is 4. The van der Waals surface area contributed by atoms with E-state index in [-0.39, 0.29) is 17.5 Å². The second-order valence-corrected chi connectivity index (χ2v) is 16.6. The van der Waals surface area contributed by atoms with Crippen LogP contribution in [0.2, 0.25) is 0 Å². The molecule has 1 saturated heterocycles. The molecule has 4 atom stereocenters. The van der Waals surface area contributed by atoms with Gasteiger partial charge in [0.1, 0.15) is 5.69 Å². The third kappa shape index (κ3) is 17.8. The number of pyridine rings is 2. The van der Waals surface area contributed by atoms with Gasteiger partial charge in [0.05, 0.1) is 96.7 Å². The van der Waals surface area contributed by atoms with E-state index in [0.717, 1.165) is 36.9 Å². The molecule has 3 heterocycles. The summed E-state index contributed by atoms with van der Waals surface area (Å²) in [5, 5.41) is 12.1. The Morgan fingerprint density at radius 3 is 2.05 bits per heavy atom. The lowest BCUT2D eigenvalue weighted by Crippen LogP contribution is -2.36. The maximum atomic E-state index is 13.2. The van der Waals surface area contributed by atoms with Gasteiger partial charge in [0.25, 0.3) is 0 Å². The normalized spacial score (nSPS) is 21.0. The molecule has 2 fully saturated rings. The fourth-order valence-electron chi connectivity index (χ4n) is 8.44. The number of carboxylic acids is 1. The third-order valence-corrected chi connectivity index (χ3v) is 12.0. The summed E-state index contributed by atoms with van der Waals surface area (Å²) < 4.78 is 40.7. The molecule has 1 aromatic carbocycles. The number of aromatic carboxylic acids is 1. The molecule has 2 N–H and O–H groups in total. The Hall–Kier alpha value is -4.83. The van der Waals surface area contributed by atoms with Crippen molar-refractivity contribution in [3.05, 3.63) is 95.1 Å². The van der Waals surface area contributed by atoms with Gasteiger partial charge in [-0.15, -0.1) is 11.8 Å². The zero-order chi connectivity index (χ0) is 46.0. The molecule has 0 bridgehead atoms. The monoisotopic (exact) mass is 913 g/mol. The summed E-state index contributed by atoms with van der Waals surface area (Å²) in [5.41, 5.74) is 3.21. The molecule has 3 aromatic rings. The van der Waals surface area contributed by atoms with Crippen LogP contribution in [0.4, 0.5) is 4.79 Å². The molecule has 0 spiro atoms. The largest absolute Gasteiger partial charge is 0.477 e. The first-order valence-electron chi connectivity index (χ1n) is 23.5. The molecule has 2 unspecified atom stereocenters. The maximum absolute atomic E-state index is 13.2. The predicted molar refractivity (Wildman–Crippen MR) is 245 cm³/mol. The van der Waals surface area contributed by atoms with Gasteiger partial charge in [0.2, 0.25) is 0 Å². The highest BCUT2D eigenvalue weighted by Crippen LogP contribution is 2.52. The maximum Gasteiger partial charge on any atom is 0.407 e. The molecule has 1 aliphatic heterocycles. The van der Waals surface area contributed by atoms with E-state index in [1.807, 2.05) is 48.5 Å². The van der Waals surface area contributed by atoms with Crippen molar-refractivity contribution in [2.24, 2.45) is 17.8 Å². The minimum absolute atomic E-state index is 0.0186. The van der Waals surface area contributed by atoms with Gasteiger partial charge in [-0.2, -0.15) is 0 Å². The molecule has 0 radical (unpaired) electrons. The predicted octanol–water partition coefficient (Wildman–Crippen LogP) is 5.31. The van der Waals surface area contributed by atoms with Gasteiger partial charge in [-0.1, -0.05) is 36.4 Å². The highest BCUT2D eigenvalue weighted by Gasteiger charge is 2.49. The van der Waals surface area contributed by atoms with Crippen LogP contribution in [0.15, 0.2) is 66.9 Å². The number of carbonyl (C=O) groups is 3. The van der Waals surface area contributed by atoms with Crippen molar-refractivity contribution in [3.63, 3.8) is 0 Å². The number of hydrogen-bond donors (Lipinski definition) is 2. The van der Waals surface area contributed by atoms with Gasteiger partial charge < -0.3 is 43.6 Å². The van der Waals surface area contributed by atoms with Gasteiger partial charge in [0, 0.05) is 76.9 Å². The number of benzene rings is 1. The van der Waals surface area contributed by atoms with Crippen LogP contribution < -0.4 is 5.32 Å². The SMILES string of the molecule is O=C(NCCOCCOCCCC(=O)c1ccc(C(c2ccccn2)N2CCOCCOCCN(Cc3cccc(C(=O)O)n3)CCOCCOCC2)cc1)OCC1[C@H]2CCC#CCC[C@@H]12. The standard InChI is InChI=1S/C50H67N5O11/c56-47(14-8-25-60-31-32-61-26-20-52-50(59)66-38-44-42-10-3-1-2-4-11-43(42)44)39-15-17-40(18-16-39)48(45-12-5-6-19-51-45)55-23-29-64-35-33-62-27-21-54(22-28-63-34-36-65-30-24-55)37-41-9-7-13-46(53-41)49(57)58/h5-7,9,12-13,15-19,42-44,48H,3-4,8,10-11,14,20-38H2,(H,52,59)(H,57,58)/t42-,43+,44?,48?. The molecule has 3 aliphatic rings. The van der Waals surface area contributed by atoms with Crippen molar-refractivity contribution in [2.45, 2.75) is 51.1 Å². The second kappa shape index (κ2) is 29.0. The number of nitrogens with one attached hydrogen (secondary N) is 1. The van der Waals surface area contributed by atoms with Crippen molar-refractivity contribution in [1.29, 1.82) is 0 Å². The van der Waals surface area contributed by atoms with Crippen LogP contribution in [-0.2, 0) is 39.7 Å². The number of carboxylic acid groups (broad SMARTS) is 1. The lowest BCUT2D eigenvalue weighted by molar-refractivity contribution is 0.00332. The van der Waals surface area contributed by atoms with Crippen molar-refractivity contribution in [1.82, 2.24) is 25.1 Å². The molecular formula is C50H67N5O11. The Morgan fingerprint density at radius 2 is 1.41 bits per heavy atom.